The minimum Gasteiger partial charge on any atom is -0.256 e. The third-order valence-corrected chi connectivity index (χ3v) is 10.3. The molecule has 55 heavy (non-hydrogen) atoms. The summed E-state index contributed by atoms with van der Waals surface area (Å²) in [5.41, 5.74) is 14.8. The summed E-state index contributed by atoms with van der Waals surface area (Å²) >= 11 is 0. The molecule has 0 aliphatic carbocycles. The number of benzene rings is 6. The number of pyridine rings is 3. The van der Waals surface area contributed by atoms with Crippen LogP contribution < -0.4 is 0 Å². The molecule has 0 saturated heterocycles. The summed E-state index contributed by atoms with van der Waals surface area (Å²) in [6.07, 6.45) is 1.85. The first kappa shape index (κ1) is 32.3. The van der Waals surface area contributed by atoms with E-state index >= 15 is 0 Å². The lowest BCUT2D eigenvalue weighted by Gasteiger charge is -2.12. The van der Waals surface area contributed by atoms with Crippen LogP contribution in [-0.2, 0) is 0 Å². The minimum absolute atomic E-state index is 0.658. The molecule has 0 unspecified atom stereocenters. The van der Waals surface area contributed by atoms with Crippen molar-refractivity contribution in [2.45, 2.75) is 6.92 Å². The lowest BCUT2D eigenvalue weighted by atomic mass is 9.98. The first-order valence-corrected chi connectivity index (χ1v) is 18.4. The van der Waals surface area contributed by atoms with Crippen molar-refractivity contribution in [2.75, 3.05) is 0 Å². The summed E-state index contributed by atoms with van der Waals surface area (Å²) in [7, 11) is 0. The predicted molar refractivity (Wildman–Crippen MR) is 225 cm³/mol. The Kier molecular flexibility index (Phi) is 7.96. The Bertz CT molecular complexity index is 3030. The number of hydrogen-bond acceptors (Lipinski definition) is 5. The van der Waals surface area contributed by atoms with Gasteiger partial charge in [-0.2, -0.15) is 0 Å². The van der Waals surface area contributed by atoms with Crippen molar-refractivity contribution in [3.8, 4) is 67.5 Å². The largest absolute Gasteiger partial charge is 0.256 e. The highest BCUT2D eigenvalue weighted by Crippen LogP contribution is 2.34. The molecule has 0 fully saturated rings. The zero-order valence-corrected chi connectivity index (χ0v) is 30.1. The van der Waals surface area contributed by atoms with Gasteiger partial charge in [-0.15, -0.1) is 0 Å². The van der Waals surface area contributed by atoms with Crippen LogP contribution in [0, 0.1) is 6.92 Å². The Labute approximate surface area is 318 Å². The third kappa shape index (κ3) is 6.08. The SMILES string of the molecule is Cc1cc(-c2ccccc2)nc2c1ccc1ccc(-c3ccc(-c4nc(-c5ccccc5)cc(-c5cccc(-c6cccc7cccnc67)c5)n4)cc3)nc12. The van der Waals surface area contributed by atoms with E-state index in [-0.39, 0.29) is 0 Å². The van der Waals surface area contributed by atoms with Crippen molar-refractivity contribution >= 4 is 32.7 Å². The van der Waals surface area contributed by atoms with Crippen LogP contribution in [0.15, 0.2) is 182 Å². The van der Waals surface area contributed by atoms with E-state index in [0.717, 1.165) is 94.4 Å². The molecular weight excluding hydrogens is 671 g/mol. The molecule has 5 nitrogen and oxygen atoms in total. The fourth-order valence-electron chi connectivity index (χ4n) is 7.41. The van der Waals surface area contributed by atoms with Crippen LogP contribution >= 0.6 is 0 Å². The van der Waals surface area contributed by atoms with E-state index in [0.29, 0.717) is 5.82 Å². The second-order valence-corrected chi connectivity index (χ2v) is 13.8. The Morgan fingerprint density at radius 2 is 0.927 bits per heavy atom. The van der Waals surface area contributed by atoms with Crippen LogP contribution in [0.4, 0.5) is 0 Å². The average Bonchev–Trinajstić information content (AvgIpc) is 3.26. The van der Waals surface area contributed by atoms with Crippen molar-refractivity contribution in [1.29, 1.82) is 0 Å². The third-order valence-electron chi connectivity index (χ3n) is 10.3. The van der Waals surface area contributed by atoms with Crippen molar-refractivity contribution in [2.24, 2.45) is 0 Å². The zero-order valence-electron chi connectivity index (χ0n) is 30.1. The smallest absolute Gasteiger partial charge is 0.160 e. The zero-order chi connectivity index (χ0) is 36.7. The van der Waals surface area contributed by atoms with Gasteiger partial charge in [0.15, 0.2) is 5.82 Å². The normalized spacial score (nSPS) is 11.4. The van der Waals surface area contributed by atoms with Crippen LogP contribution in [0.5, 0.6) is 0 Å². The standard InChI is InChI=1S/C50H33N5/c1-32-29-44(33-11-4-2-5-12-33)53-49-41(32)26-24-37-25-27-43(52-48(37)49)35-20-22-38(23-21-35)50-54-45(34-13-6-3-7-14-34)31-46(55-50)40-17-8-16-39(30-40)42-19-9-15-36-18-10-28-51-47(36)42/h2-31H,1H3. The first-order chi connectivity index (χ1) is 27.1. The molecule has 0 saturated carbocycles. The Balaban J connectivity index is 1.05. The molecular formula is C50H33N5. The van der Waals surface area contributed by atoms with Crippen molar-refractivity contribution < 1.29 is 0 Å². The first-order valence-electron chi connectivity index (χ1n) is 18.4. The molecule has 10 rings (SSSR count). The molecule has 6 aromatic carbocycles. The molecule has 0 N–H and O–H groups in total. The summed E-state index contributed by atoms with van der Waals surface area (Å²) < 4.78 is 0. The number of nitrogens with zero attached hydrogens (tertiary/aromatic N) is 5. The molecule has 10 aromatic rings. The Morgan fingerprint density at radius 1 is 0.345 bits per heavy atom. The number of aromatic nitrogens is 5. The molecule has 4 heterocycles. The maximum absolute atomic E-state index is 5.21. The van der Waals surface area contributed by atoms with Crippen LogP contribution in [0.1, 0.15) is 5.56 Å². The molecule has 258 valence electrons. The van der Waals surface area contributed by atoms with Gasteiger partial charge in [-0.25, -0.2) is 19.9 Å². The molecule has 5 heteroatoms. The summed E-state index contributed by atoms with van der Waals surface area (Å²) in [4.78, 5) is 25.3. The van der Waals surface area contributed by atoms with Gasteiger partial charge in [0.05, 0.1) is 39.3 Å². The molecule has 0 bridgehead atoms. The van der Waals surface area contributed by atoms with Crippen molar-refractivity contribution in [3.63, 3.8) is 0 Å². The molecule has 0 aliphatic heterocycles. The van der Waals surface area contributed by atoms with E-state index < -0.39 is 0 Å². The summed E-state index contributed by atoms with van der Waals surface area (Å²) in [5.74, 6) is 0.658. The second-order valence-electron chi connectivity index (χ2n) is 13.8. The molecule has 0 aliphatic rings. The number of para-hydroxylation sites is 1. The highest BCUT2D eigenvalue weighted by Gasteiger charge is 2.15. The number of aryl methyl sites for hydroxylation is 1. The predicted octanol–water partition coefficient (Wildman–Crippen LogP) is 12.4. The summed E-state index contributed by atoms with van der Waals surface area (Å²) in [6, 6.07) is 60.7. The van der Waals surface area contributed by atoms with Crippen LogP contribution in [0.2, 0.25) is 0 Å². The maximum atomic E-state index is 5.21. The van der Waals surface area contributed by atoms with Gasteiger partial charge in [-0.3, -0.25) is 4.98 Å². The second kappa shape index (κ2) is 13.6. The van der Waals surface area contributed by atoms with Crippen LogP contribution in [0.25, 0.3) is 100 Å². The number of hydrogen-bond donors (Lipinski definition) is 0. The highest BCUT2D eigenvalue weighted by atomic mass is 14.9. The van der Waals surface area contributed by atoms with Gasteiger partial charge in [0.2, 0.25) is 0 Å². The molecule has 4 aromatic heterocycles. The van der Waals surface area contributed by atoms with Gasteiger partial charge in [0.25, 0.3) is 0 Å². The maximum Gasteiger partial charge on any atom is 0.160 e. The van der Waals surface area contributed by atoms with Crippen LogP contribution in [-0.4, -0.2) is 24.9 Å². The Hall–Kier alpha value is -7.37. The Morgan fingerprint density at radius 3 is 1.71 bits per heavy atom. The number of rotatable bonds is 6. The molecule has 0 atom stereocenters. The van der Waals surface area contributed by atoms with Crippen molar-refractivity contribution in [1.82, 2.24) is 24.9 Å². The van der Waals surface area contributed by atoms with Gasteiger partial charge in [-0.1, -0.05) is 146 Å². The summed E-state index contributed by atoms with van der Waals surface area (Å²) in [6.45, 7) is 2.14. The van der Waals surface area contributed by atoms with E-state index in [9.17, 15) is 0 Å². The molecule has 0 spiro atoms. The van der Waals surface area contributed by atoms with E-state index in [1.807, 2.05) is 48.7 Å². The number of fused-ring (bicyclic) bond motifs is 4. The quantitative estimate of drug-likeness (QED) is 0.161. The summed E-state index contributed by atoms with van der Waals surface area (Å²) in [5, 5.41) is 3.28. The highest BCUT2D eigenvalue weighted by molar-refractivity contribution is 6.05. The topological polar surface area (TPSA) is 64.5 Å². The van der Waals surface area contributed by atoms with Gasteiger partial charge in [0.1, 0.15) is 0 Å². The molecule has 0 amide bonds. The van der Waals surface area contributed by atoms with E-state index in [1.165, 1.54) is 5.56 Å². The van der Waals surface area contributed by atoms with E-state index in [4.69, 9.17) is 24.9 Å². The van der Waals surface area contributed by atoms with Crippen molar-refractivity contribution in [3.05, 3.63) is 188 Å². The van der Waals surface area contributed by atoms with Gasteiger partial charge >= 0.3 is 0 Å². The minimum atomic E-state index is 0.658. The van der Waals surface area contributed by atoms with Crippen LogP contribution in [0.3, 0.4) is 0 Å². The van der Waals surface area contributed by atoms with Gasteiger partial charge in [0, 0.05) is 55.7 Å². The van der Waals surface area contributed by atoms with Gasteiger partial charge in [-0.05, 0) is 48.4 Å². The molecule has 0 radical (unpaired) electrons. The average molecular weight is 704 g/mol. The van der Waals surface area contributed by atoms with Gasteiger partial charge < -0.3 is 0 Å². The van der Waals surface area contributed by atoms with E-state index in [1.54, 1.807) is 0 Å². The fourth-order valence-corrected chi connectivity index (χ4v) is 7.41. The lowest BCUT2D eigenvalue weighted by Crippen LogP contribution is -1.96. The fraction of sp³-hybridized carbons (Fsp3) is 0.0200. The monoisotopic (exact) mass is 703 g/mol. The lowest BCUT2D eigenvalue weighted by molar-refractivity contribution is 1.18. The van der Waals surface area contributed by atoms with E-state index in [2.05, 4.69) is 140 Å².